The first-order chi connectivity index (χ1) is 12.2. The Hall–Kier alpha value is -2.33. The average Bonchev–Trinajstić information content (AvgIpc) is 2.69. The average molecular weight is 339 g/mol. The zero-order valence-electron chi connectivity index (χ0n) is 14.6. The van der Waals surface area contributed by atoms with Crippen LogP contribution in [0.5, 0.6) is 5.75 Å². The molecule has 1 heterocycles. The number of rotatable bonds is 5. The van der Waals surface area contributed by atoms with Crippen LogP contribution in [-0.4, -0.2) is 36.1 Å². The Morgan fingerprint density at radius 2 is 1.64 bits per heavy atom. The summed E-state index contributed by atoms with van der Waals surface area (Å²) in [5.41, 5.74) is 2.97. The molecule has 1 fully saturated rings. The Labute approximate surface area is 149 Å². The minimum Gasteiger partial charge on any atom is -0.497 e. The lowest BCUT2D eigenvalue weighted by atomic mass is 9.89. The van der Waals surface area contributed by atoms with Gasteiger partial charge in [-0.3, -0.25) is 4.79 Å². The minimum atomic E-state index is 0.0894. The fourth-order valence-electron chi connectivity index (χ4n) is 3.37. The van der Waals surface area contributed by atoms with Crippen LogP contribution >= 0.6 is 0 Å². The molecule has 1 amide bonds. The van der Waals surface area contributed by atoms with Crippen molar-refractivity contribution in [3.63, 3.8) is 0 Å². The normalized spacial score (nSPS) is 15.2. The van der Waals surface area contributed by atoms with E-state index in [4.69, 9.17) is 9.84 Å². The fourth-order valence-corrected chi connectivity index (χ4v) is 3.37. The second-order valence-corrected chi connectivity index (χ2v) is 6.64. The number of benzene rings is 2. The highest BCUT2D eigenvalue weighted by atomic mass is 16.5. The third kappa shape index (κ3) is 4.40. The van der Waals surface area contributed by atoms with Gasteiger partial charge in [-0.05, 0) is 60.6 Å². The van der Waals surface area contributed by atoms with E-state index in [0.29, 0.717) is 5.92 Å². The van der Waals surface area contributed by atoms with Gasteiger partial charge in [-0.1, -0.05) is 24.3 Å². The van der Waals surface area contributed by atoms with Gasteiger partial charge in [0.05, 0.1) is 13.7 Å². The van der Waals surface area contributed by atoms with Crippen LogP contribution in [0.4, 0.5) is 0 Å². The van der Waals surface area contributed by atoms with E-state index < -0.39 is 0 Å². The molecule has 0 aliphatic carbocycles. The van der Waals surface area contributed by atoms with Crippen LogP contribution < -0.4 is 4.74 Å². The third-order valence-electron chi connectivity index (χ3n) is 4.97. The topological polar surface area (TPSA) is 49.8 Å². The molecule has 4 heteroatoms. The van der Waals surface area contributed by atoms with Crippen molar-refractivity contribution in [2.24, 2.45) is 5.92 Å². The van der Waals surface area contributed by atoms with E-state index in [1.807, 2.05) is 41.3 Å². The molecule has 132 valence electrons. The minimum absolute atomic E-state index is 0.0894. The molecule has 0 unspecified atom stereocenters. The summed E-state index contributed by atoms with van der Waals surface area (Å²) >= 11 is 0. The van der Waals surface area contributed by atoms with Crippen LogP contribution in [0.15, 0.2) is 48.5 Å². The highest BCUT2D eigenvalue weighted by Gasteiger charge is 2.23. The van der Waals surface area contributed by atoms with Gasteiger partial charge in [0.2, 0.25) is 0 Å². The van der Waals surface area contributed by atoms with Gasteiger partial charge in [-0.2, -0.15) is 0 Å². The lowest BCUT2D eigenvalue weighted by Crippen LogP contribution is -2.38. The maximum atomic E-state index is 12.6. The maximum Gasteiger partial charge on any atom is 0.253 e. The second-order valence-electron chi connectivity index (χ2n) is 6.64. The van der Waals surface area contributed by atoms with Crippen LogP contribution in [-0.2, 0) is 13.0 Å². The molecule has 0 spiro atoms. The van der Waals surface area contributed by atoms with E-state index >= 15 is 0 Å². The zero-order chi connectivity index (χ0) is 17.6. The van der Waals surface area contributed by atoms with Crippen molar-refractivity contribution in [3.8, 4) is 5.75 Å². The molecule has 1 saturated heterocycles. The van der Waals surface area contributed by atoms with E-state index in [2.05, 4.69) is 12.1 Å². The first kappa shape index (κ1) is 17.5. The molecule has 1 aliphatic heterocycles. The molecule has 1 aliphatic rings. The molecular weight excluding hydrogens is 314 g/mol. The molecule has 2 aromatic carbocycles. The first-order valence-corrected chi connectivity index (χ1v) is 8.81. The zero-order valence-corrected chi connectivity index (χ0v) is 14.6. The predicted octanol–water partition coefficient (Wildman–Crippen LogP) is 3.28. The summed E-state index contributed by atoms with van der Waals surface area (Å²) in [6.07, 6.45) is 3.10. The standard InChI is InChI=1S/C21H25NO3/c1-25-20-8-6-19(7-9-20)21(24)22-12-10-17(11-13-22)14-16-2-4-18(15-23)5-3-16/h2-9,17,23H,10-15H2,1H3. The Bertz CT molecular complexity index is 686. The van der Waals surface area contributed by atoms with Gasteiger partial charge in [0.1, 0.15) is 5.75 Å². The smallest absolute Gasteiger partial charge is 0.253 e. The highest BCUT2D eigenvalue weighted by Crippen LogP contribution is 2.23. The lowest BCUT2D eigenvalue weighted by molar-refractivity contribution is 0.0690. The molecular formula is C21H25NO3. The summed E-state index contributed by atoms with van der Waals surface area (Å²) in [6.45, 7) is 1.71. The van der Waals surface area contributed by atoms with Crippen LogP contribution in [0.2, 0.25) is 0 Å². The van der Waals surface area contributed by atoms with E-state index in [9.17, 15) is 4.79 Å². The van der Waals surface area contributed by atoms with Crippen molar-refractivity contribution in [3.05, 3.63) is 65.2 Å². The van der Waals surface area contributed by atoms with Gasteiger partial charge in [-0.15, -0.1) is 0 Å². The van der Waals surface area contributed by atoms with E-state index in [-0.39, 0.29) is 12.5 Å². The largest absolute Gasteiger partial charge is 0.497 e. The highest BCUT2D eigenvalue weighted by molar-refractivity contribution is 5.94. The van der Waals surface area contributed by atoms with Gasteiger partial charge in [0.15, 0.2) is 0 Å². The van der Waals surface area contributed by atoms with Crippen molar-refractivity contribution < 1.29 is 14.6 Å². The quantitative estimate of drug-likeness (QED) is 0.909. The molecule has 1 N–H and O–H groups in total. The number of aliphatic hydroxyl groups excluding tert-OH is 1. The predicted molar refractivity (Wildman–Crippen MR) is 97.7 cm³/mol. The maximum absolute atomic E-state index is 12.6. The van der Waals surface area contributed by atoms with Crippen LogP contribution in [0.1, 0.15) is 34.3 Å². The summed E-state index contributed by atoms with van der Waals surface area (Å²) in [5, 5.41) is 9.11. The Morgan fingerprint density at radius 3 is 2.20 bits per heavy atom. The van der Waals surface area contributed by atoms with Gasteiger partial charge < -0.3 is 14.7 Å². The van der Waals surface area contributed by atoms with Crippen LogP contribution in [0, 0.1) is 5.92 Å². The molecule has 4 nitrogen and oxygen atoms in total. The summed E-state index contributed by atoms with van der Waals surface area (Å²) in [7, 11) is 1.62. The second kappa shape index (κ2) is 8.17. The van der Waals surface area contributed by atoms with Crippen molar-refractivity contribution in [2.45, 2.75) is 25.9 Å². The summed E-state index contributed by atoms with van der Waals surface area (Å²) in [5.74, 6) is 1.48. The van der Waals surface area contributed by atoms with E-state index in [0.717, 1.165) is 49.2 Å². The van der Waals surface area contributed by atoms with Crippen molar-refractivity contribution in [1.29, 1.82) is 0 Å². The number of nitrogens with zero attached hydrogens (tertiary/aromatic N) is 1. The number of hydrogen-bond donors (Lipinski definition) is 1. The number of amides is 1. The van der Waals surface area contributed by atoms with Gasteiger partial charge in [-0.25, -0.2) is 0 Å². The third-order valence-corrected chi connectivity index (χ3v) is 4.97. The molecule has 2 aromatic rings. The number of carbonyl (C=O) groups excluding carboxylic acids is 1. The Morgan fingerprint density at radius 1 is 1.04 bits per heavy atom. The molecule has 25 heavy (non-hydrogen) atoms. The molecule has 0 atom stereocenters. The molecule has 3 rings (SSSR count). The monoisotopic (exact) mass is 339 g/mol. The molecule has 0 aromatic heterocycles. The number of hydrogen-bond acceptors (Lipinski definition) is 3. The fraction of sp³-hybridized carbons (Fsp3) is 0.381. The first-order valence-electron chi connectivity index (χ1n) is 8.81. The van der Waals surface area contributed by atoms with Gasteiger partial charge in [0.25, 0.3) is 5.91 Å². The summed E-state index contributed by atoms with van der Waals surface area (Å²) in [4.78, 5) is 14.5. The lowest BCUT2D eigenvalue weighted by Gasteiger charge is -2.32. The number of carbonyl (C=O) groups is 1. The molecule has 0 radical (unpaired) electrons. The summed E-state index contributed by atoms with van der Waals surface area (Å²) in [6, 6.07) is 15.5. The van der Waals surface area contributed by atoms with Crippen LogP contribution in [0.3, 0.4) is 0 Å². The SMILES string of the molecule is COc1ccc(C(=O)N2CCC(Cc3ccc(CO)cc3)CC2)cc1. The Kier molecular flexibility index (Phi) is 5.71. The van der Waals surface area contributed by atoms with E-state index in [1.165, 1.54) is 5.56 Å². The van der Waals surface area contributed by atoms with E-state index in [1.54, 1.807) is 7.11 Å². The van der Waals surface area contributed by atoms with Gasteiger partial charge in [0, 0.05) is 18.7 Å². The summed E-state index contributed by atoms with van der Waals surface area (Å²) < 4.78 is 5.14. The number of methoxy groups -OCH3 is 1. The number of ether oxygens (including phenoxy) is 1. The molecule has 0 saturated carbocycles. The molecule has 0 bridgehead atoms. The van der Waals surface area contributed by atoms with Gasteiger partial charge >= 0.3 is 0 Å². The number of piperidine rings is 1. The number of likely N-dealkylation sites (tertiary alicyclic amines) is 1. The van der Waals surface area contributed by atoms with Crippen LogP contribution in [0.25, 0.3) is 0 Å². The number of aliphatic hydroxyl groups is 1. The van der Waals surface area contributed by atoms with Crippen molar-refractivity contribution in [2.75, 3.05) is 20.2 Å². The van der Waals surface area contributed by atoms with Crippen molar-refractivity contribution >= 4 is 5.91 Å². The Balaban J connectivity index is 1.52. The van der Waals surface area contributed by atoms with Crippen molar-refractivity contribution in [1.82, 2.24) is 4.90 Å².